The van der Waals surface area contributed by atoms with Crippen molar-refractivity contribution in [3.63, 3.8) is 0 Å². The molecule has 4 atom stereocenters. The molecule has 0 bridgehead atoms. The quantitative estimate of drug-likeness (QED) is 0.338. The number of rotatable bonds is 9. The third-order valence-corrected chi connectivity index (χ3v) is 9.08. The van der Waals surface area contributed by atoms with Gasteiger partial charge < -0.3 is 25.8 Å². The molecule has 4 N–H and O–H groups in total. The molecular weight excluding hydrogens is 526 g/mol. The zero-order valence-corrected chi connectivity index (χ0v) is 24.6. The molecule has 1 saturated carbocycles. The predicted molar refractivity (Wildman–Crippen MR) is 159 cm³/mol. The van der Waals surface area contributed by atoms with Crippen LogP contribution < -0.4 is 11.1 Å². The molecule has 2 aromatic rings. The number of piperidine rings is 1. The second-order valence-corrected chi connectivity index (χ2v) is 11.8. The van der Waals surface area contributed by atoms with Gasteiger partial charge in [-0.1, -0.05) is 61.3 Å². The molecular formula is C32H44ClN3O4. The molecule has 0 spiro atoms. The van der Waals surface area contributed by atoms with Crippen molar-refractivity contribution in [1.82, 2.24) is 10.2 Å². The third kappa shape index (κ3) is 6.99. The van der Waals surface area contributed by atoms with Gasteiger partial charge in [-0.05, 0) is 74.1 Å². The van der Waals surface area contributed by atoms with Gasteiger partial charge in [-0.3, -0.25) is 4.79 Å². The topological polar surface area (TPSA) is 105 Å². The first kappa shape index (κ1) is 30.4. The Morgan fingerprint density at radius 1 is 1.18 bits per heavy atom. The molecule has 2 amide bonds. The van der Waals surface area contributed by atoms with E-state index in [-0.39, 0.29) is 23.8 Å². The number of hydrogen-bond acceptors (Lipinski definition) is 5. The van der Waals surface area contributed by atoms with Crippen LogP contribution in [0.3, 0.4) is 0 Å². The number of nitrogens with two attached hydrogens (primary N) is 1. The van der Waals surface area contributed by atoms with Crippen molar-refractivity contribution in [3.8, 4) is 11.1 Å². The Hall–Kier alpha value is -2.61. The van der Waals surface area contributed by atoms with Crippen LogP contribution in [0.4, 0.5) is 4.79 Å². The lowest BCUT2D eigenvalue weighted by atomic mass is 9.72. The van der Waals surface area contributed by atoms with Crippen molar-refractivity contribution in [2.45, 2.75) is 76.4 Å². The van der Waals surface area contributed by atoms with E-state index in [2.05, 4.69) is 24.4 Å². The summed E-state index contributed by atoms with van der Waals surface area (Å²) in [6.45, 7) is 3.66. The van der Waals surface area contributed by atoms with Crippen LogP contribution in [0.2, 0.25) is 5.02 Å². The highest BCUT2D eigenvalue weighted by Crippen LogP contribution is 2.46. The largest absolute Gasteiger partial charge is 0.453 e. The molecule has 1 heterocycles. The fourth-order valence-corrected chi connectivity index (χ4v) is 6.87. The van der Waals surface area contributed by atoms with Gasteiger partial charge in [0.1, 0.15) is 0 Å². The summed E-state index contributed by atoms with van der Waals surface area (Å²) in [6.07, 6.45) is 6.50. The van der Waals surface area contributed by atoms with Crippen LogP contribution >= 0.6 is 11.6 Å². The van der Waals surface area contributed by atoms with E-state index in [1.165, 1.54) is 12.7 Å². The lowest BCUT2D eigenvalue weighted by molar-refractivity contribution is -0.142. The minimum absolute atomic E-state index is 0.0432. The molecule has 8 heteroatoms. The maximum absolute atomic E-state index is 13.6. The molecule has 0 radical (unpaired) electrons. The van der Waals surface area contributed by atoms with Crippen molar-refractivity contribution >= 4 is 23.6 Å². The Balaban J connectivity index is 1.68. The number of ether oxygens (including phenoxy) is 1. The first-order valence-electron chi connectivity index (χ1n) is 14.7. The van der Waals surface area contributed by atoms with E-state index >= 15 is 0 Å². The number of methoxy groups -OCH3 is 1. The second kappa shape index (κ2) is 13.8. The lowest BCUT2D eigenvalue weighted by Crippen LogP contribution is -2.50. The van der Waals surface area contributed by atoms with Gasteiger partial charge in [0.2, 0.25) is 5.91 Å². The van der Waals surface area contributed by atoms with Crippen LogP contribution in [0.1, 0.15) is 69.4 Å². The van der Waals surface area contributed by atoms with Gasteiger partial charge in [0.15, 0.2) is 0 Å². The molecule has 1 aliphatic carbocycles. The second-order valence-electron chi connectivity index (χ2n) is 11.4. The van der Waals surface area contributed by atoms with Crippen LogP contribution in [-0.4, -0.2) is 54.8 Å². The molecule has 218 valence electrons. The van der Waals surface area contributed by atoms with Crippen molar-refractivity contribution in [1.29, 1.82) is 0 Å². The number of aliphatic hydroxyl groups is 1. The summed E-state index contributed by atoms with van der Waals surface area (Å²) in [4.78, 5) is 27.2. The van der Waals surface area contributed by atoms with Crippen LogP contribution in [0.5, 0.6) is 0 Å². The number of amides is 2. The smallest absolute Gasteiger partial charge is 0.406 e. The SMILES string of the molecule is CCc1cccc(-c2c(Cl)cccc2[C@](O)(CCCNC(=O)OC)C2CCCN(C(=O)[C@@H]3CCC[C@@H](N)C3)C2)c1. The number of likely N-dealkylation sites (tertiary alicyclic amines) is 1. The summed E-state index contributed by atoms with van der Waals surface area (Å²) in [6, 6.07) is 14.1. The number of halogens is 1. The van der Waals surface area contributed by atoms with Crippen molar-refractivity contribution in [2.75, 3.05) is 26.7 Å². The standard InChI is InChI=1S/C32H44ClN3O4/c1-3-22-9-4-10-23(19-22)29-27(14-6-15-28(29)33)32(39,16-8-17-35-31(38)40-2)25-12-7-18-36(21-25)30(37)24-11-5-13-26(34)20-24/h4,6,9-10,14-15,19,24-26,39H,3,5,7-8,11-13,16-18,20-21,34H2,1-2H3,(H,35,38)/t24-,25?,26-,32+/m1/s1. The van der Waals surface area contributed by atoms with E-state index in [1.54, 1.807) is 0 Å². The van der Waals surface area contributed by atoms with Crippen molar-refractivity contribution in [2.24, 2.45) is 17.6 Å². The molecule has 1 aliphatic heterocycles. The number of nitrogens with one attached hydrogen (secondary N) is 1. The summed E-state index contributed by atoms with van der Waals surface area (Å²) in [5.41, 5.74) is 8.69. The van der Waals surface area contributed by atoms with Gasteiger partial charge in [-0.15, -0.1) is 0 Å². The van der Waals surface area contributed by atoms with E-state index in [0.29, 0.717) is 37.5 Å². The lowest BCUT2D eigenvalue weighted by Gasteiger charge is -2.44. The Labute approximate surface area is 243 Å². The minimum atomic E-state index is -1.26. The highest BCUT2D eigenvalue weighted by atomic mass is 35.5. The molecule has 7 nitrogen and oxygen atoms in total. The molecule has 2 aliphatic rings. The molecule has 1 unspecified atom stereocenters. The van der Waals surface area contributed by atoms with Crippen LogP contribution in [0.25, 0.3) is 11.1 Å². The van der Waals surface area contributed by atoms with Gasteiger partial charge in [0.05, 0.1) is 12.7 Å². The maximum Gasteiger partial charge on any atom is 0.406 e. The number of carbonyl (C=O) groups excluding carboxylic acids is 2. The average Bonchev–Trinajstić information content (AvgIpc) is 2.98. The molecule has 40 heavy (non-hydrogen) atoms. The summed E-state index contributed by atoms with van der Waals surface area (Å²) < 4.78 is 4.72. The summed E-state index contributed by atoms with van der Waals surface area (Å²) in [7, 11) is 1.33. The number of hydrogen-bond donors (Lipinski definition) is 3. The van der Waals surface area contributed by atoms with E-state index in [1.807, 2.05) is 35.2 Å². The third-order valence-electron chi connectivity index (χ3n) is 8.77. The van der Waals surface area contributed by atoms with Crippen molar-refractivity contribution < 1.29 is 19.4 Å². The van der Waals surface area contributed by atoms with Gasteiger partial charge in [-0.2, -0.15) is 0 Å². The van der Waals surface area contributed by atoms with Crippen LogP contribution in [0.15, 0.2) is 42.5 Å². The summed E-state index contributed by atoms with van der Waals surface area (Å²) in [5.74, 6) is -0.0675. The van der Waals surface area contributed by atoms with E-state index < -0.39 is 11.7 Å². The van der Waals surface area contributed by atoms with E-state index in [9.17, 15) is 14.7 Å². The molecule has 2 fully saturated rings. The predicted octanol–water partition coefficient (Wildman–Crippen LogP) is 5.65. The maximum atomic E-state index is 13.6. The molecule has 1 saturated heterocycles. The van der Waals surface area contributed by atoms with Crippen LogP contribution in [0, 0.1) is 11.8 Å². The highest BCUT2D eigenvalue weighted by molar-refractivity contribution is 6.33. The zero-order valence-electron chi connectivity index (χ0n) is 23.8. The number of alkyl carbamates (subject to hydrolysis) is 1. The summed E-state index contributed by atoms with van der Waals surface area (Å²) >= 11 is 6.86. The summed E-state index contributed by atoms with van der Waals surface area (Å²) in [5, 5.41) is 16.0. The fourth-order valence-electron chi connectivity index (χ4n) is 6.58. The Kier molecular flexibility index (Phi) is 10.5. The Morgan fingerprint density at radius 3 is 2.73 bits per heavy atom. The fraction of sp³-hybridized carbons (Fsp3) is 0.562. The number of benzene rings is 2. The van der Waals surface area contributed by atoms with Gasteiger partial charge in [0, 0.05) is 48.1 Å². The van der Waals surface area contributed by atoms with Crippen LogP contribution in [-0.2, 0) is 21.6 Å². The van der Waals surface area contributed by atoms with Crippen molar-refractivity contribution in [3.05, 3.63) is 58.6 Å². The van der Waals surface area contributed by atoms with Gasteiger partial charge in [0.25, 0.3) is 0 Å². The van der Waals surface area contributed by atoms with Gasteiger partial charge >= 0.3 is 6.09 Å². The van der Waals surface area contributed by atoms with Gasteiger partial charge in [-0.25, -0.2) is 4.79 Å². The Morgan fingerprint density at radius 2 is 1.98 bits per heavy atom. The molecule has 4 rings (SSSR count). The minimum Gasteiger partial charge on any atom is -0.453 e. The monoisotopic (exact) mass is 569 g/mol. The highest BCUT2D eigenvalue weighted by Gasteiger charge is 2.43. The molecule has 2 aromatic carbocycles. The van der Waals surface area contributed by atoms with E-state index in [4.69, 9.17) is 22.1 Å². The average molecular weight is 570 g/mol. The number of carbonyl (C=O) groups is 2. The first-order chi connectivity index (χ1) is 19.3. The normalized spacial score (nSPS) is 22.8. The zero-order chi connectivity index (χ0) is 28.7. The Bertz CT molecular complexity index is 1170. The molecule has 0 aromatic heterocycles. The van der Waals surface area contributed by atoms with E-state index in [0.717, 1.165) is 61.6 Å². The first-order valence-corrected chi connectivity index (χ1v) is 15.1. The number of aryl methyl sites for hydroxylation is 1. The number of nitrogens with zero attached hydrogens (tertiary/aromatic N) is 1.